The molecule has 1 fully saturated rings. The average molecular weight is 667 g/mol. The van der Waals surface area contributed by atoms with E-state index in [0.717, 1.165) is 53.1 Å². The molecule has 1 aliphatic heterocycles. The summed E-state index contributed by atoms with van der Waals surface area (Å²) in [5, 5.41) is 8.09. The first kappa shape index (κ1) is 33.8. The molecule has 0 radical (unpaired) electrons. The topological polar surface area (TPSA) is 93.9 Å². The van der Waals surface area contributed by atoms with Crippen molar-refractivity contribution in [1.29, 1.82) is 0 Å². The molecule has 13 heteroatoms. The number of amides is 2. The number of rotatable bonds is 10. The summed E-state index contributed by atoms with van der Waals surface area (Å²) in [6.07, 6.45) is -0.763. The van der Waals surface area contributed by atoms with Crippen molar-refractivity contribution in [3.63, 3.8) is 0 Å². The predicted molar refractivity (Wildman–Crippen MR) is 179 cm³/mol. The zero-order valence-electron chi connectivity index (χ0n) is 26.6. The number of aliphatic imine (C=N–C) groups is 1. The number of carbonyl (C=O) groups excluding carboxylic acids is 1. The van der Waals surface area contributed by atoms with Crippen LogP contribution in [0.5, 0.6) is 11.5 Å². The molecule has 2 amide bonds. The van der Waals surface area contributed by atoms with Gasteiger partial charge in [-0.3, -0.25) is 0 Å². The minimum Gasteiger partial charge on any atom is -0.497 e. The Hall–Kier alpha value is -4.52. The number of nitrogens with one attached hydrogen (secondary N) is 1. The maximum absolute atomic E-state index is 12.9. The Morgan fingerprint density at radius 2 is 1.81 bits per heavy atom. The normalized spacial score (nSPS) is 16.0. The fourth-order valence-electron chi connectivity index (χ4n) is 5.23. The van der Waals surface area contributed by atoms with E-state index in [1.165, 1.54) is 35.3 Å². The van der Waals surface area contributed by atoms with Gasteiger partial charge in [-0.15, -0.1) is 18.3 Å². The second kappa shape index (κ2) is 14.9. The molecule has 1 saturated heterocycles. The van der Waals surface area contributed by atoms with Crippen molar-refractivity contribution in [2.24, 2.45) is 4.99 Å². The number of alkyl halides is 3. The minimum absolute atomic E-state index is 0.203. The van der Waals surface area contributed by atoms with Gasteiger partial charge in [0.1, 0.15) is 17.8 Å². The van der Waals surface area contributed by atoms with E-state index < -0.39 is 6.36 Å². The number of amidine groups is 1. The first-order valence-electron chi connectivity index (χ1n) is 15.3. The molecule has 1 aromatic heterocycles. The maximum atomic E-state index is 12.9. The van der Waals surface area contributed by atoms with Gasteiger partial charge in [0.05, 0.1) is 12.8 Å². The van der Waals surface area contributed by atoms with Gasteiger partial charge >= 0.3 is 12.4 Å². The SMILES string of the molecule is COc1ccc(N2C(=NC(=O)NCCCc3ccc(-c4ncn(-c5ccc(OC(F)(F)F)cc5)n4)cc3)SCCC2C)c(C(C)C)c1. The molecule has 3 aromatic carbocycles. The number of thioether (sulfide) groups is 1. The molecule has 0 saturated carbocycles. The minimum atomic E-state index is -4.75. The van der Waals surface area contributed by atoms with Crippen LogP contribution >= 0.6 is 11.8 Å². The maximum Gasteiger partial charge on any atom is 0.573 e. The van der Waals surface area contributed by atoms with Crippen molar-refractivity contribution in [2.45, 2.75) is 58.4 Å². The summed E-state index contributed by atoms with van der Waals surface area (Å²) in [6, 6.07) is 19.1. The molecule has 1 unspecified atom stereocenters. The van der Waals surface area contributed by atoms with Crippen LogP contribution in [-0.2, 0) is 6.42 Å². The molecule has 0 spiro atoms. The summed E-state index contributed by atoms with van der Waals surface area (Å²) in [5.41, 5.74) is 4.64. The molecular formula is C34H37F3N6O3S. The Bertz CT molecular complexity index is 1690. The Labute approximate surface area is 276 Å². The van der Waals surface area contributed by atoms with Gasteiger partial charge in [-0.1, -0.05) is 49.9 Å². The number of aryl methyl sites for hydroxylation is 1. The van der Waals surface area contributed by atoms with Gasteiger partial charge in [0, 0.05) is 29.6 Å². The fourth-order valence-corrected chi connectivity index (χ4v) is 6.44. The highest BCUT2D eigenvalue weighted by atomic mass is 32.2. The summed E-state index contributed by atoms with van der Waals surface area (Å²) in [4.78, 5) is 23.9. The second-order valence-corrected chi connectivity index (χ2v) is 12.5. The smallest absolute Gasteiger partial charge is 0.497 e. The Morgan fingerprint density at radius 1 is 1.09 bits per heavy atom. The summed E-state index contributed by atoms with van der Waals surface area (Å²) in [6.45, 7) is 6.94. The second-order valence-electron chi connectivity index (χ2n) is 11.4. The van der Waals surface area contributed by atoms with Crippen LogP contribution in [0.15, 0.2) is 78.0 Å². The highest BCUT2D eigenvalue weighted by Crippen LogP contribution is 2.37. The number of methoxy groups -OCH3 is 1. The quantitative estimate of drug-likeness (QED) is 0.172. The van der Waals surface area contributed by atoms with Crippen LogP contribution in [0.4, 0.5) is 23.7 Å². The molecule has 5 rings (SSSR count). The van der Waals surface area contributed by atoms with Gasteiger partial charge in [0.2, 0.25) is 0 Å². The third kappa shape index (κ3) is 8.85. The molecule has 4 aromatic rings. The lowest BCUT2D eigenvalue weighted by Gasteiger charge is -2.37. The van der Waals surface area contributed by atoms with Crippen LogP contribution < -0.4 is 19.7 Å². The van der Waals surface area contributed by atoms with Crippen molar-refractivity contribution < 1.29 is 27.4 Å². The number of halogens is 3. The van der Waals surface area contributed by atoms with Gasteiger partial charge < -0.3 is 19.7 Å². The van der Waals surface area contributed by atoms with Crippen LogP contribution in [0.2, 0.25) is 0 Å². The number of ether oxygens (including phenoxy) is 2. The Balaban J connectivity index is 1.14. The molecule has 0 aliphatic carbocycles. The standard InChI is InChI=1S/C34H37F3N6O3S/c1-22(2)29-20-28(45-4)15-16-30(29)43-23(3)17-19-47-33(43)40-32(44)38-18-5-6-24-7-9-25(10-8-24)31-39-21-42(41-31)26-11-13-27(14-12-26)46-34(35,36)37/h7-16,20-23H,5-6,17-19H2,1-4H3,(H,38,44). The fraction of sp³-hybridized carbons (Fsp3) is 0.353. The summed E-state index contributed by atoms with van der Waals surface area (Å²) in [5.74, 6) is 2.15. The van der Waals surface area contributed by atoms with Crippen LogP contribution in [0.1, 0.15) is 50.7 Å². The number of hydrogen-bond acceptors (Lipinski definition) is 6. The summed E-state index contributed by atoms with van der Waals surface area (Å²) in [7, 11) is 1.66. The summed E-state index contributed by atoms with van der Waals surface area (Å²) < 4.78 is 48.1. The lowest BCUT2D eigenvalue weighted by atomic mass is 9.99. The van der Waals surface area contributed by atoms with Crippen molar-refractivity contribution in [3.05, 3.63) is 84.2 Å². The predicted octanol–water partition coefficient (Wildman–Crippen LogP) is 8.00. The molecular weight excluding hydrogens is 629 g/mol. The molecule has 0 bridgehead atoms. The highest BCUT2D eigenvalue weighted by Gasteiger charge is 2.31. The van der Waals surface area contributed by atoms with Gasteiger partial charge in [-0.2, -0.15) is 4.99 Å². The van der Waals surface area contributed by atoms with Crippen molar-refractivity contribution in [3.8, 4) is 28.6 Å². The van der Waals surface area contributed by atoms with E-state index in [1.807, 2.05) is 30.3 Å². The molecule has 9 nitrogen and oxygen atoms in total. The van der Waals surface area contributed by atoms with E-state index in [-0.39, 0.29) is 23.7 Å². The molecule has 1 atom stereocenters. The van der Waals surface area contributed by atoms with Crippen LogP contribution in [0.3, 0.4) is 0 Å². The van der Waals surface area contributed by atoms with Gasteiger partial charge in [0.15, 0.2) is 11.0 Å². The van der Waals surface area contributed by atoms with Crippen LogP contribution in [-0.4, -0.2) is 57.8 Å². The van der Waals surface area contributed by atoms with Gasteiger partial charge in [-0.25, -0.2) is 14.5 Å². The zero-order chi connectivity index (χ0) is 33.6. The number of urea groups is 1. The van der Waals surface area contributed by atoms with E-state index in [4.69, 9.17) is 4.74 Å². The van der Waals surface area contributed by atoms with Crippen LogP contribution in [0.25, 0.3) is 17.1 Å². The van der Waals surface area contributed by atoms with E-state index in [0.29, 0.717) is 23.2 Å². The lowest BCUT2D eigenvalue weighted by molar-refractivity contribution is -0.274. The van der Waals surface area contributed by atoms with Crippen LogP contribution in [0, 0.1) is 0 Å². The monoisotopic (exact) mass is 666 g/mol. The van der Waals surface area contributed by atoms with Crippen molar-refractivity contribution in [1.82, 2.24) is 20.1 Å². The lowest BCUT2D eigenvalue weighted by Crippen LogP contribution is -2.42. The van der Waals surface area contributed by atoms with Gasteiger partial charge in [-0.05, 0) is 85.7 Å². The molecule has 47 heavy (non-hydrogen) atoms. The number of anilines is 1. The van der Waals surface area contributed by atoms with Gasteiger partial charge in [0.25, 0.3) is 0 Å². The van der Waals surface area contributed by atoms with E-state index in [2.05, 4.69) is 62.9 Å². The number of aromatic nitrogens is 3. The van der Waals surface area contributed by atoms with Crippen molar-refractivity contribution >= 4 is 28.6 Å². The highest BCUT2D eigenvalue weighted by molar-refractivity contribution is 8.14. The third-order valence-corrected chi connectivity index (χ3v) is 8.67. The average Bonchev–Trinajstić information content (AvgIpc) is 3.53. The largest absolute Gasteiger partial charge is 0.573 e. The molecule has 1 N–H and O–H groups in total. The molecule has 1 aliphatic rings. The Kier molecular flexibility index (Phi) is 10.7. The number of benzene rings is 3. The molecule has 2 heterocycles. The summed E-state index contributed by atoms with van der Waals surface area (Å²) >= 11 is 1.60. The number of carbonyl (C=O) groups is 1. The Morgan fingerprint density at radius 3 is 2.49 bits per heavy atom. The van der Waals surface area contributed by atoms with E-state index >= 15 is 0 Å². The number of hydrogen-bond donors (Lipinski definition) is 1. The first-order valence-corrected chi connectivity index (χ1v) is 16.3. The third-order valence-electron chi connectivity index (χ3n) is 7.68. The van der Waals surface area contributed by atoms with E-state index in [9.17, 15) is 18.0 Å². The zero-order valence-corrected chi connectivity index (χ0v) is 27.4. The van der Waals surface area contributed by atoms with E-state index in [1.54, 1.807) is 18.9 Å². The van der Waals surface area contributed by atoms with Crippen molar-refractivity contribution in [2.75, 3.05) is 24.3 Å². The first-order chi connectivity index (χ1) is 22.5. The molecule has 248 valence electrons. The number of nitrogens with zero attached hydrogens (tertiary/aromatic N) is 5.